The Labute approximate surface area is 80.0 Å². The number of hydrogen-bond donors (Lipinski definition) is 1. The SMILES string of the molecule is CO[Si](C)(Nc1ccccc1)OC. The van der Waals surface area contributed by atoms with Crippen LogP contribution in [0.4, 0.5) is 5.69 Å². The van der Waals surface area contributed by atoms with Gasteiger partial charge in [-0.2, -0.15) is 0 Å². The first-order chi connectivity index (χ1) is 6.20. The predicted molar refractivity (Wildman–Crippen MR) is 55.7 cm³/mol. The number of rotatable bonds is 4. The molecule has 72 valence electrons. The van der Waals surface area contributed by atoms with E-state index in [-0.39, 0.29) is 0 Å². The minimum atomic E-state index is -2.19. The van der Waals surface area contributed by atoms with E-state index < -0.39 is 8.72 Å². The van der Waals surface area contributed by atoms with E-state index >= 15 is 0 Å². The quantitative estimate of drug-likeness (QED) is 0.748. The van der Waals surface area contributed by atoms with Crippen molar-refractivity contribution in [3.8, 4) is 0 Å². The number of hydrogen-bond acceptors (Lipinski definition) is 3. The van der Waals surface area contributed by atoms with Crippen LogP contribution in [0, 0.1) is 0 Å². The van der Waals surface area contributed by atoms with Gasteiger partial charge >= 0.3 is 8.72 Å². The third-order valence-electron chi connectivity index (χ3n) is 1.92. The largest absolute Gasteiger partial charge is 0.453 e. The average Bonchev–Trinajstić information content (AvgIpc) is 2.19. The number of para-hydroxylation sites is 1. The van der Waals surface area contributed by atoms with E-state index in [1.54, 1.807) is 14.2 Å². The van der Waals surface area contributed by atoms with Crippen LogP contribution in [0.5, 0.6) is 0 Å². The fraction of sp³-hybridized carbons (Fsp3) is 0.333. The molecule has 0 radical (unpaired) electrons. The molecule has 0 aliphatic rings. The maximum Gasteiger partial charge on any atom is 0.453 e. The van der Waals surface area contributed by atoms with Crippen molar-refractivity contribution in [1.29, 1.82) is 0 Å². The van der Waals surface area contributed by atoms with Crippen molar-refractivity contribution in [3.63, 3.8) is 0 Å². The standard InChI is InChI=1S/C9H15NO2Si/c1-11-13(3,12-2)10-9-7-5-4-6-8-9/h4-8,10H,1-3H3. The molecule has 0 amide bonds. The maximum absolute atomic E-state index is 5.30. The Balaban J connectivity index is 2.68. The Kier molecular flexibility index (Phi) is 3.47. The van der Waals surface area contributed by atoms with Crippen molar-refractivity contribution in [2.24, 2.45) is 0 Å². The summed E-state index contributed by atoms with van der Waals surface area (Å²) in [6, 6.07) is 9.90. The first kappa shape index (κ1) is 10.2. The summed E-state index contributed by atoms with van der Waals surface area (Å²) in [4.78, 5) is 3.25. The van der Waals surface area contributed by atoms with Crippen LogP contribution in [0.25, 0.3) is 0 Å². The van der Waals surface area contributed by atoms with E-state index in [0.29, 0.717) is 0 Å². The molecule has 0 aromatic heterocycles. The summed E-state index contributed by atoms with van der Waals surface area (Å²) in [5.74, 6) is 0. The molecule has 0 aliphatic heterocycles. The molecule has 0 heterocycles. The van der Waals surface area contributed by atoms with Crippen molar-refractivity contribution < 1.29 is 8.85 Å². The predicted octanol–water partition coefficient (Wildman–Crippen LogP) is 1.96. The lowest BCUT2D eigenvalue weighted by molar-refractivity contribution is 0.258. The highest BCUT2D eigenvalue weighted by atomic mass is 28.4. The molecule has 1 N–H and O–H groups in total. The van der Waals surface area contributed by atoms with Gasteiger partial charge in [-0.05, 0) is 18.7 Å². The molecule has 1 aromatic rings. The molecule has 0 atom stereocenters. The minimum Gasteiger partial charge on any atom is -0.382 e. The highest BCUT2D eigenvalue weighted by Gasteiger charge is 2.29. The second-order valence-corrected chi connectivity index (χ2v) is 5.80. The van der Waals surface area contributed by atoms with Crippen LogP contribution in [0.15, 0.2) is 30.3 Å². The molecule has 0 saturated carbocycles. The second-order valence-electron chi connectivity index (χ2n) is 2.84. The lowest BCUT2D eigenvalue weighted by Crippen LogP contribution is -2.45. The summed E-state index contributed by atoms with van der Waals surface area (Å²) in [6.07, 6.45) is 0. The normalized spacial score (nSPS) is 11.3. The van der Waals surface area contributed by atoms with Gasteiger partial charge in [0.05, 0.1) is 0 Å². The highest BCUT2D eigenvalue weighted by molar-refractivity contribution is 6.69. The van der Waals surface area contributed by atoms with E-state index in [1.165, 1.54) is 0 Å². The average molecular weight is 197 g/mol. The Morgan fingerprint density at radius 2 is 1.62 bits per heavy atom. The van der Waals surface area contributed by atoms with Crippen LogP contribution in [0.2, 0.25) is 6.55 Å². The van der Waals surface area contributed by atoms with Gasteiger partial charge in [0, 0.05) is 19.9 Å². The van der Waals surface area contributed by atoms with Gasteiger partial charge in [-0.25, -0.2) is 0 Å². The van der Waals surface area contributed by atoms with E-state index in [4.69, 9.17) is 8.85 Å². The lowest BCUT2D eigenvalue weighted by Gasteiger charge is -2.24. The van der Waals surface area contributed by atoms with Gasteiger partial charge in [-0.3, -0.25) is 0 Å². The molecular formula is C9H15NO2Si. The molecule has 0 unspecified atom stereocenters. The van der Waals surface area contributed by atoms with Gasteiger partial charge in [-0.1, -0.05) is 18.2 Å². The summed E-state index contributed by atoms with van der Waals surface area (Å²) in [7, 11) is 1.13. The number of nitrogens with one attached hydrogen (secondary N) is 1. The van der Waals surface area contributed by atoms with Crippen molar-refractivity contribution in [3.05, 3.63) is 30.3 Å². The van der Waals surface area contributed by atoms with Gasteiger partial charge in [-0.15, -0.1) is 0 Å². The Morgan fingerprint density at radius 3 is 2.08 bits per heavy atom. The molecule has 0 spiro atoms. The first-order valence-electron chi connectivity index (χ1n) is 4.14. The zero-order chi connectivity index (χ0) is 9.73. The van der Waals surface area contributed by atoms with E-state index in [9.17, 15) is 0 Å². The number of benzene rings is 1. The molecule has 3 nitrogen and oxygen atoms in total. The van der Waals surface area contributed by atoms with Crippen LogP contribution in [0.1, 0.15) is 0 Å². The van der Waals surface area contributed by atoms with E-state index in [2.05, 4.69) is 4.98 Å². The first-order valence-corrected chi connectivity index (χ1v) is 6.45. The Hall–Kier alpha value is -0.843. The van der Waals surface area contributed by atoms with Gasteiger partial charge < -0.3 is 13.8 Å². The molecular weight excluding hydrogens is 182 g/mol. The molecule has 1 aromatic carbocycles. The van der Waals surface area contributed by atoms with Gasteiger partial charge in [0.1, 0.15) is 0 Å². The minimum absolute atomic E-state index is 1.03. The third kappa shape index (κ3) is 2.84. The van der Waals surface area contributed by atoms with Crippen molar-refractivity contribution in [2.45, 2.75) is 6.55 Å². The Bertz CT molecular complexity index is 249. The third-order valence-corrected chi connectivity index (χ3v) is 4.23. The van der Waals surface area contributed by atoms with Crippen molar-refractivity contribution in [2.75, 3.05) is 19.2 Å². The summed E-state index contributed by atoms with van der Waals surface area (Å²) in [5.41, 5.74) is 1.03. The van der Waals surface area contributed by atoms with E-state index in [1.807, 2.05) is 36.9 Å². The van der Waals surface area contributed by atoms with Crippen LogP contribution < -0.4 is 4.98 Å². The van der Waals surface area contributed by atoms with Crippen molar-refractivity contribution >= 4 is 14.4 Å². The Morgan fingerprint density at radius 1 is 1.08 bits per heavy atom. The van der Waals surface area contributed by atoms with Crippen molar-refractivity contribution in [1.82, 2.24) is 0 Å². The zero-order valence-corrected chi connectivity index (χ0v) is 9.20. The second kappa shape index (κ2) is 4.41. The van der Waals surface area contributed by atoms with E-state index in [0.717, 1.165) is 5.69 Å². The smallest absolute Gasteiger partial charge is 0.382 e. The summed E-state index contributed by atoms with van der Waals surface area (Å²) >= 11 is 0. The summed E-state index contributed by atoms with van der Waals surface area (Å²) in [5, 5.41) is 0. The van der Waals surface area contributed by atoms with Gasteiger partial charge in [0.2, 0.25) is 0 Å². The van der Waals surface area contributed by atoms with Crippen LogP contribution in [-0.2, 0) is 8.85 Å². The van der Waals surface area contributed by atoms with Gasteiger partial charge in [0.25, 0.3) is 0 Å². The highest BCUT2D eigenvalue weighted by Crippen LogP contribution is 2.12. The summed E-state index contributed by atoms with van der Waals surface area (Å²) < 4.78 is 10.6. The van der Waals surface area contributed by atoms with Gasteiger partial charge in [0.15, 0.2) is 0 Å². The topological polar surface area (TPSA) is 30.5 Å². The maximum atomic E-state index is 5.30. The molecule has 4 heteroatoms. The van der Waals surface area contributed by atoms with Crippen LogP contribution >= 0.6 is 0 Å². The zero-order valence-electron chi connectivity index (χ0n) is 8.20. The monoisotopic (exact) mass is 197 g/mol. The molecule has 1 rings (SSSR count). The molecule has 0 aliphatic carbocycles. The molecule has 0 saturated heterocycles. The molecule has 0 fully saturated rings. The summed E-state index contributed by atoms with van der Waals surface area (Å²) in [6.45, 7) is 1.96. The lowest BCUT2D eigenvalue weighted by atomic mass is 10.3. The fourth-order valence-corrected chi connectivity index (χ4v) is 2.03. The molecule has 0 bridgehead atoms. The van der Waals surface area contributed by atoms with Crippen LogP contribution in [0.3, 0.4) is 0 Å². The fourth-order valence-electron chi connectivity index (χ4n) is 0.969. The molecule has 13 heavy (non-hydrogen) atoms. The number of anilines is 1. The van der Waals surface area contributed by atoms with Crippen LogP contribution in [-0.4, -0.2) is 22.9 Å².